The molecule has 33 heavy (non-hydrogen) atoms. The van der Waals surface area contributed by atoms with Gasteiger partial charge < -0.3 is 9.29 Å². The topological polar surface area (TPSA) is 66.4 Å². The fraction of sp³-hybridized carbons (Fsp3) is 0.667. The second kappa shape index (κ2) is 10.9. The average molecular weight is 536 g/mol. The highest BCUT2D eigenvalue weighted by Gasteiger charge is 2.83. The standard InChI is InChI=1S/C14H21OS.C4HF9O3S/c1-2-3-10-15-13-6-8-14(9-7-13)16-11-4-5-12-16;5-1(6,3(9,10)11)2(7,8)4(12,13)17(14,15)16/h6-9H,2-5,10-12H2,1H3;(H,14,15,16)/q+1;/p-1. The number of halogens is 9. The van der Waals surface area contributed by atoms with Crippen LogP contribution >= 0.6 is 0 Å². The van der Waals surface area contributed by atoms with Gasteiger partial charge in [-0.2, -0.15) is 39.5 Å². The summed E-state index contributed by atoms with van der Waals surface area (Å²) in [5.74, 6) is -11.0. The first kappa shape index (κ1) is 29.7. The molecule has 0 amide bonds. The van der Waals surface area contributed by atoms with E-state index in [1.54, 1.807) is 0 Å². The number of alkyl halides is 9. The van der Waals surface area contributed by atoms with Gasteiger partial charge >= 0.3 is 23.3 Å². The summed E-state index contributed by atoms with van der Waals surface area (Å²) in [6, 6.07) is 8.79. The van der Waals surface area contributed by atoms with Crippen molar-refractivity contribution in [3.63, 3.8) is 0 Å². The number of rotatable bonds is 8. The molecule has 15 heteroatoms. The van der Waals surface area contributed by atoms with E-state index in [9.17, 15) is 52.5 Å². The molecule has 0 aliphatic carbocycles. The number of benzene rings is 1. The van der Waals surface area contributed by atoms with E-state index < -0.39 is 33.4 Å². The van der Waals surface area contributed by atoms with E-state index in [0.29, 0.717) is 10.9 Å². The zero-order chi connectivity index (χ0) is 25.7. The van der Waals surface area contributed by atoms with Crippen LogP contribution in [0.3, 0.4) is 0 Å². The number of ether oxygens (including phenoxy) is 1. The van der Waals surface area contributed by atoms with Gasteiger partial charge in [0.15, 0.2) is 15.0 Å². The van der Waals surface area contributed by atoms with Crippen LogP contribution < -0.4 is 4.74 Å². The van der Waals surface area contributed by atoms with E-state index in [-0.39, 0.29) is 0 Å². The maximum Gasteiger partial charge on any atom is 0.460 e. The fourth-order valence-corrected chi connectivity index (χ4v) is 5.21. The largest absolute Gasteiger partial charge is 0.743 e. The Morgan fingerprint density at radius 2 is 1.39 bits per heavy atom. The predicted octanol–water partition coefficient (Wildman–Crippen LogP) is 5.59. The van der Waals surface area contributed by atoms with Crippen LogP contribution in [0.1, 0.15) is 32.6 Å². The molecule has 0 spiro atoms. The van der Waals surface area contributed by atoms with Crippen molar-refractivity contribution in [3.8, 4) is 5.75 Å². The Morgan fingerprint density at radius 3 is 1.79 bits per heavy atom. The van der Waals surface area contributed by atoms with Crippen molar-refractivity contribution >= 4 is 21.0 Å². The van der Waals surface area contributed by atoms with Crippen LogP contribution in [-0.4, -0.2) is 54.4 Å². The fourth-order valence-electron chi connectivity index (χ4n) is 2.47. The van der Waals surface area contributed by atoms with Gasteiger partial charge in [-0.15, -0.1) is 0 Å². The molecule has 192 valence electrons. The first-order chi connectivity index (χ1) is 14.9. The van der Waals surface area contributed by atoms with Crippen molar-refractivity contribution in [3.05, 3.63) is 24.3 Å². The smallest absolute Gasteiger partial charge is 0.460 e. The molecule has 0 N–H and O–H groups in total. The molecule has 1 fully saturated rings. The Hall–Kier alpha value is -1.35. The lowest BCUT2D eigenvalue weighted by Crippen LogP contribution is -2.63. The first-order valence-electron chi connectivity index (χ1n) is 9.46. The summed E-state index contributed by atoms with van der Waals surface area (Å²) in [7, 11) is -6.88. The van der Waals surface area contributed by atoms with Gasteiger partial charge in [0.1, 0.15) is 17.3 Å². The molecular formula is C18H21F9O4S2. The van der Waals surface area contributed by atoms with Gasteiger partial charge in [0, 0.05) is 10.9 Å². The van der Waals surface area contributed by atoms with E-state index in [1.807, 2.05) is 0 Å². The van der Waals surface area contributed by atoms with Crippen LogP contribution in [0, 0.1) is 0 Å². The third-order valence-electron chi connectivity index (χ3n) is 4.39. The molecule has 1 aromatic rings. The molecule has 1 aliphatic heterocycles. The minimum atomic E-state index is -7.43. The minimum Gasteiger partial charge on any atom is -0.743 e. The molecule has 2 rings (SSSR count). The van der Waals surface area contributed by atoms with Crippen molar-refractivity contribution < 1.29 is 57.2 Å². The quantitative estimate of drug-likeness (QED) is 0.188. The number of hydrogen-bond donors (Lipinski definition) is 0. The summed E-state index contributed by atoms with van der Waals surface area (Å²) in [4.78, 5) is 1.53. The van der Waals surface area contributed by atoms with Crippen molar-refractivity contribution in [1.82, 2.24) is 0 Å². The molecule has 1 aliphatic rings. The zero-order valence-corrected chi connectivity index (χ0v) is 18.7. The minimum absolute atomic E-state index is 0.538. The van der Waals surface area contributed by atoms with Gasteiger partial charge in [0.2, 0.25) is 0 Å². The molecule has 0 radical (unpaired) electrons. The van der Waals surface area contributed by atoms with E-state index in [4.69, 9.17) is 4.74 Å². The molecule has 1 heterocycles. The van der Waals surface area contributed by atoms with Crippen molar-refractivity contribution in [2.45, 2.75) is 60.8 Å². The SMILES string of the molecule is CCCCOc1ccc([S+]2CCCC2)cc1.O=S(=O)([O-])C(F)(F)C(F)(F)C(F)(F)C(F)(F)F. The van der Waals surface area contributed by atoms with E-state index >= 15 is 0 Å². The average Bonchev–Trinajstić information content (AvgIpc) is 3.22. The maximum absolute atomic E-state index is 12.2. The summed E-state index contributed by atoms with van der Waals surface area (Å²) in [5.41, 5.74) is 0. The Balaban J connectivity index is 0.000000330. The summed E-state index contributed by atoms with van der Waals surface area (Å²) in [6.45, 7) is 3.04. The lowest BCUT2D eigenvalue weighted by atomic mass is 10.1. The maximum atomic E-state index is 12.2. The lowest BCUT2D eigenvalue weighted by Gasteiger charge is -2.34. The lowest BCUT2D eigenvalue weighted by molar-refractivity contribution is -0.382. The Labute approximate surface area is 187 Å². The molecule has 1 aromatic carbocycles. The Kier molecular flexibility index (Phi) is 9.83. The van der Waals surface area contributed by atoms with Crippen LogP contribution in [0.4, 0.5) is 39.5 Å². The molecule has 0 unspecified atom stereocenters. The van der Waals surface area contributed by atoms with Gasteiger partial charge in [-0.25, -0.2) is 8.42 Å². The third kappa shape index (κ3) is 6.84. The predicted molar refractivity (Wildman–Crippen MR) is 102 cm³/mol. The highest BCUT2D eigenvalue weighted by atomic mass is 32.2. The van der Waals surface area contributed by atoms with E-state index in [1.165, 1.54) is 35.7 Å². The molecular weight excluding hydrogens is 515 g/mol. The first-order valence-corrected chi connectivity index (χ1v) is 12.4. The molecule has 0 saturated carbocycles. The van der Waals surface area contributed by atoms with Crippen molar-refractivity contribution in [2.24, 2.45) is 0 Å². The van der Waals surface area contributed by atoms with Gasteiger partial charge in [0.25, 0.3) is 0 Å². The highest BCUT2D eigenvalue weighted by Crippen LogP contribution is 2.54. The molecule has 0 aromatic heterocycles. The zero-order valence-electron chi connectivity index (χ0n) is 17.1. The van der Waals surface area contributed by atoms with Crippen LogP contribution in [-0.2, 0) is 21.0 Å². The van der Waals surface area contributed by atoms with Crippen LogP contribution in [0.25, 0.3) is 0 Å². The third-order valence-corrected chi connectivity index (χ3v) is 7.77. The Bertz CT molecular complexity index is 851. The molecule has 0 atom stereocenters. The van der Waals surface area contributed by atoms with Gasteiger partial charge in [-0.1, -0.05) is 13.3 Å². The summed E-state index contributed by atoms with van der Waals surface area (Å²) >= 11 is 0. The number of hydrogen-bond acceptors (Lipinski definition) is 4. The van der Waals surface area contributed by atoms with E-state index in [2.05, 4.69) is 31.2 Å². The summed E-state index contributed by atoms with van der Waals surface area (Å²) in [6.07, 6.45) is -1.99. The van der Waals surface area contributed by atoms with E-state index in [0.717, 1.165) is 18.8 Å². The van der Waals surface area contributed by atoms with Crippen molar-refractivity contribution in [1.29, 1.82) is 0 Å². The van der Waals surface area contributed by atoms with Gasteiger partial charge in [0.05, 0.1) is 6.61 Å². The van der Waals surface area contributed by atoms with Crippen LogP contribution in [0.2, 0.25) is 0 Å². The molecule has 1 saturated heterocycles. The molecule has 4 nitrogen and oxygen atoms in total. The monoisotopic (exact) mass is 536 g/mol. The van der Waals surface area contributed by atoms with Crippen LogP contribution in [0.5, 0.6) is 5.75 Å². The summed E-state index contributed by atoms with van der Waals surface area (Å²) in [5, 5.41) is -7.11. The Morgan fingerprint density at radius 1 is 0.909 bits per heavy atom. The highest BCUT2D eigenvalue weighted by molar-refractivity contribution is 7.97. The second-order valence-electron chi connectivity index (χ2n) is 6.90. The van der Waals surface area contributed by atoms with Gasteiger partial charge in [-0.05, 0) is 43.5 Å². The van der Waals surface area contributed by atoms with Gasteiger partial charge in [-0.3, -0.25) is 0 Å². The summed E-state index contributed by atoms with van der Waals surface area (Å²) < 4.78 is 141. The normalized spacial score (nSPS) is 16.3. The second-order valence-corrected chi connectivity index (χ2v) is 10.6. The molecule has 0 bridgehead atoms. The number of unbranched alkanes of at least 4 members (excludes halogenated alkanes) is 1. The van der Waals surface area contributed by atoms with Crippen LogP contribution in [0.15, 0.2) is 29.2 Å². The van der Waals surface area contributed by atoms with Crippen molar-refractivity contribution in [2.75, 3.05) is 18.1 Å².